The van der Waals surface area contributed by atoms with Crippen LogP contribution >= 0.6 is 11.6 Å². The summed E-state index contributed by atoms with van der Waals surface area (Å²) in [7, 11) is 0. The van der Waals surface area contributed by atoms with Gasteiger partial charge < -0.3 is 16.0 Å². The molecule has 1 fully saturated rings. The molecule has 0 saturated carbocycles. The van der Waals surface area contributed by atoms with Gasteiger partial charge in [0.15, 0.2) is 5.82 Å². The molecule has 7 heteroatoms. The standard InChI is InChI=1S/C9H12ClN5O/c10-6-5-13-9(11)14-8(6)15-3-1-7(16)12-2-4-15/h5H,1-4H2,(H,12,16)(H2,11,13,14). The summed E-state index contributed by atoms with van der Waals surface area (Å²) in [5.41, 5.74) is 5.51. The van der Waals surface area contributed by atoms with Crippen LogP contribution in [0, 0.1) is 0 Å². The van der Waals surface area contributed by atoms with Crippen molar-refractivity contribution in [1.82, 2.24) is 15.3 Å². The van der Waals surface area contributed by atoms with Crippen molar-refractivity contribution in [2.24, 2.45) is 0 Å². The maximum Gasteiger partial charge on any atom is 0.222 e. The topological polar surface area (TPSA) is 84.1 Å². The van der Waals surface area contributed by atoms with Crippen LogP contribution < -0.4 is 16.0 Å². The molecule has 0 atom stereocenters. The third-order valence-corrected chi connectivity index (χ3v) is 2.62. The van der Waals surface area contributed by atoms with E-state index in [2.05, 4.69) is 15.3 Å². The number of anilines is 2. The van der Waals surface area contributed by atoms with Gasteiger partial charge in [-0.1, -0.05) is 11.6 Å². The highest BCUT2D eigenvalue weighted by molar-refractivity contribution is 6.32. The summed E-state index contributed by atoms with van der Waals surface area (Å²) < 4.78 is 0. The summed E-state index contributed by atoms with van der Waals surface area (Å²) in [5.74, 6) is 0.814. The molecule has 1 aromatic heterocycles. The van der Waals surface area contributed by atoms with Crippen molar-refractivity contribution >= 4 is 29.3 Å². The highest BCUT2D eigenvalue weighted by Crippen LogP contribution is 2.23. The fourth-order valence-corrected chi connectivity index (χ4v) is 1.78. The zero-order chi connectivity index (χ0) is 11.5. The lowest BCUT2D eigenvalue weighted by Crippen LogP contribution is -2.29. The summed E-state index contributed by atoms with van der Waals surface area (Å²) >= 11 is 5.99. The van der Waals surface area contributed by atoms with Gasteiger partial charge in [0.25, 0.3) is 0 Å². The average molecular weight is 242 g/mol. The third-order valence-electron chi connectivity index (χ3n) is 2.36. The van der Waals surface area contributed by atoms with E-state index in [4.69, 9.17) is 17.3 Å². The van der Waals surface area contributed by atoms with E-state index < -0.39 is 0 Å². The van der Waals surface area contributed by atoms with Crippen LogP contribution in [0.25, 0.3) is 0 Å². The van der Waals surface area contributed by atoms with Gasteiger partial charge in [0.1, 0.15) is 5.02 Å². The molecule has 0 spiro atoms. The van der Waals surface area contributed by atoms with Gasteiger partial charge in [-0.05, 0) is 0 Å². The monoisotopic (exact) mass is 241 g/mol. The van der Waals surface area contributed by atoms with Gasteiger partial charge in [0.05, 0.1) is 6.20 Å². The van der Waals surface area contributed by atoms with Crippen LogP contribution in [0.5, 0.6) is 0 Å². The van der Waals surface area contributed by atoms with E-state index in [1.165, 1.54) is 6.20 Å². The first kappa shape index (κ1) is 10.9. The van der Waals surface area contributed by atoms with Crippen molar-refractivity contribution in [2.45, 2.75) is 6.42 Å². The maximum atomic E-state index is 11.2. The van der Waals surface area contributed by atoms with Crippen LogP contribution in [0.1, 0.15) is 6.42 Å². The maximum absolute atomic E-state index is 11.2. The molecular weight excluding hydrogens is 230 g/mol. The van der Waals surface area contributed by atoms with Gasteiger partial charge in [0, 0.05) is 26.1 Å². The molecule has 16 heavy (non-hydrogen) atoms. The molecule has 1 aliphatic heterocycles. The van der Waals surface area contributed by atoms with Gasteiger partial charge in [-0.3, -0.25) is 4.79 Å². The van der Waals surface area contributed by atoms with E-state index >= 15 is 0 Å². The normalized spacial score (nSPS) is 16.8. The largest absolute Gasteiger partial charge is 0.368 e. The number of aromatic nitrogens is 2. The van der Waals surface area contributed by atoms with Crippen molar-refractivity contribution in [3.05, 3.63) is 11.2 Å². The smallest absolute Gasteiger partial charge is 0.222 e. The summed E-state index contributed by atoms with van der Waals surface area (Å²) in [6, 6.07) is 0. The minimum atomic E-state index is 0.0423. The van der Waals surface area contributed by atoms with Crippen molar-refractivity contribution in [3.63, 3.8) is 0 Å². The molecule has 2 heterocycles. The summed E-state index contributed by atoms with van der Waals surface area (Å²) in [4.78, 5) is 21.0. The number of carbonyl (C=O) groups excluding carboxylic acids is 1. The zero-order valence-corrected chi connectivity index (χ0v) is 9.37. The Morgan fingerprint density at radius 1 is 1.50 bits per heavy atom. The van der Waals surface area contributed by atoms with Gasteiger partial charge in [-0.2, -0.15) is 4.98 Å². The average Bonchev–Trinajstić information content (AvgIpc) is 2.47. The Bertz CT molecular complexity index is 411. The van der Waals surface area contributed by atoms with Crippen molar-refractivity contribution in [1.29, 1.82) is 0 Å². The van der Waals surface area contributed by atoms with E-state index in [9.17, 15) is 4.79 Å². The predicted molar refractivity (Wildman–Crippen MR) is 61.3 cm³/mol. The van der Waals surface area contributed by atoms with Gasteiger partial charge in [-0.25, -0.2) is 4.98 Å². The first-order valence-electron chi connectivity index (χ1n) is 4.96. The quantitative estimate of drug-likeness (QED) is 0.725. The minimum Gasteiger partial charge on any atom is -0.368 e. The molecule has 0 unspecified atom stereocenters. The number of nitrogen functional groups attached to an aromatic ring is 1. The van der Waals surface area contributed by atoms with E-state index in [1.54, 1.807) is 0 Å². The SMILES string of the molecule is Nc1ncc(Cl)c(N2CCNC(=O)CC2)n1. The van der Waals surface area contributed by atoms with Gasteiger partial charge >= 0.3 is 0 Å². The van der Waals surface area contributed by atoms with Gasteiger partial charge in [0.2, 0.25) is 11.9 Å². The predicted octanol–water partition coefficient (Wildman–Crippen LogP) is 0.0385. The van der Waals surface area contributed by atoms with E-state index in [-0.39, 0.29) is 11.9 Å². The molecule has 1 saturated heterocycles. The molecular formula is C9H12ClN5O. The summed E-state index contributed by atoms with van der Waals surface area (Å²) in [6.07, 6.45) is 1.90. The van der Waals surface area contributed by atoms with Crippen LogP contribution in [0.15, 0.2) is 6.20 Å². The number of hydrogen-bond acceptors (Lipinski definition) is 5. The molecule has 0 bridgehead atoms. The molecule has 1 amide bonds. The Morgan fingerprint density at radius 3 is 3.12 bits per heavy atom. The molecule has 2 rings (SSSR count). The lowest BCUT2D eigenvalue weighted by atomic mass is 10.3. The second-order valence-corrected chi connectivity index (χ2v) is 3.89. The van der Waals surface area contributed by atoms with E-state index in [0.717, 1.165) is 0 Å². The second kappa shape index (κ2) is 4.52. The molecule has 6 nitrogen and oxygen atoms in total. The first-order chi connectivity index (χ1) is 7.66. The van der Waals surface area contributed by atoms with Crippen molar-refractivity contribution in [3.8, 4) is 0 Å². The molecule has 1 aliphatic rings. The first-order valence-corrected chi connectivity index (χ1v) is 5.34. The minimum absolute atomic E-state index is 0.0423. The molecule has 0 radical (unpaired) electrons. The van der Waals surface area contributed by atoms with Gasteiger partial charge in [-0.15, -0.1) is 0 Å². The highest BCUT2D eigenvalue weighted by Gasteiger charge is 2.17. The van der Waals surface area contributed by atoms with Crippen LogP contribution in [0.4, 0.5) is 11.8 Å². The number of nitrogens with two attached hydrogens (primary N) is 1. The number of hydrogen-bond donors (Lipinski definition) is 2. The summed E-state index contributed by atoms with van der Waals surface area (Å²) in [6.45, 7) is 1.84. The number of carbonyl (C=O) groups is 1. The Hall–Kier alpha value is -1.56. The molecule has 1 aromatic rings. The van der Waals surface area contributed by atoms with Crippen molar-refractivity contribution < 1.29 is 4.79 Å². The number of amides is 1. The number of nitrogens with one attached hydrogen (secondary N) is 1. The number of halogens is 1. The van der Waals surface area contributed by atoms with E-state index in [0.29, 0.717) is 36.9 Å². The Balaban J connectivity index is 2.22. The zero-order valence-electron chi connectivity index (χ0n) is 8.61. The Morgan fingerprint density at radius 2 is 2.31 bits per heavy atom. The van der Waals surface area contributed by atoms with Crippen LogP contribution in [-0.4, -0.2) is 35.5 Å². The molecule has 0 aromatic carbocycles. The third kappa shape index (κ3) is 2.33. The Kier molecular flexibility index (Phi) is 3.09. The molecule has 3 N–H and O–H groups in total. The van der Waals surface area contributed by atoms with E-state index in [1.807, 2.05) is 4.90 Å². The highest BCUT2D eigenvalue weighted by atomic mass is 35.5. The van der Waals surface area contributed by atoms with Crippen molar-refractivity contribution in [2.75, 3.05) is 30.3 Å². The van der Waals surface area contributed by atoms with Crippen LogP contribution in [0.3, 0.4) is 0 Å². The fraction of sp³-hybridized carbons (Fsp3) is 0.444. The molecule has 86 valence electrons. The van der Waals surface area contributed by atoms with Crippen LogP contribution in [0.2, 0.25) is 5.02 Å². The summed E-state index contributed by atoms with van der Waals surface area (Å²) in [5, 5.41) is 3.23. The lowest BCUT2D eigenvalue weighted by molar-refractivity contribution is -0.120. The van der Waals surface area contributed by atoms with Crippen LogP contribution in [-0.2, 0) is 4.79 Å². The number of rotatable bonds is 1. The Labute approximate surface area is 97.8 Å². The molecule has 0 aliphatic carbocycles. The second-order valence-electron chi connectivity index (χ2n) is 3.49. The lowest BCUT2D eigenvalue weighted by Gasteiger charge is -2.21. The number of nitrogens with zero attached hydrogens (tertiary/aromatic N) is 3. The fourth-order valence-electron chi connectivity index (χ4n) is 1.57.